The van der Waals surface area contributed by atoms with E-state index in [4.69, 9.17) is 14.6 Å². The quantitative estimate of drug-likeness (QED) is 0.235. The topological polar surface area (TPSA) is 128 Å². The van der Waals surface area contributed by atoms with Crippen molar-refractivity contribution >= 4 is 6.29 Å². The number of aliphatic hydroxyl groups excluding tert-OH is 4. The lowest BCUT2D eigenvalue weighted by Gasteiger charge is -2.40. The van der Waals surface area contributed by atoms with Crippen LogP contribution < -0.4 is 5.32 Å². The lowest BCUT2D eigenvalue weighted by molar-refractivity contribution is -0.254. The Balaban J connectivity index is 2.30. The van der Waals surface area contributed by atoms with Crippen LogP contribution >= 0.6 is 0 Å². The smallest absolute Gasteiger partial charge is 0.173 e. The van der Waals surface area contributed by atoms with Crippen molar-refractivity contribution in [3.05, 3.63) is 0 Å². The van der Waals surface area contributed by atoms with E-state index in [-0.39, 0.29) is 6.61 Å². The SMILES string of the molecule is O=CCOCCCN[C@H]1C(O)O[C@H](CO)[C@@H](O)[C@@H]1O. The second kappa shape index (κ2) is 8.54. The first kappa shape index (κ1) is 16.4. The molecule has 5 N–H and O–H groups in total. The fraction of sp³-hybridized carbons (Fsp3) is 0.909. The number of rotatable bonds is 8. The molecular formula is C11H21NO7. The predicted molar refractivity (Wildman–Crippen MR) is 63.3 cm³/mol. The molecule has 0 bridgehead atoms. The minimum absolute atomic E-state index is 0.0364. The van der Waals surface area contributed by atoms with Gasteiger partial charge in [0, 0.05) is 6.61 Å². The molecule has 0 aromatic heterocycles. The zero-order valence-corrected chi connectivity index (χ0v) is 10.5. The van der Waals surface area contributed by atoms with Gasteiger partial charge in [0.15, 0.2) is 6.29 Å². The molecule has 112 valence electrons. The normalized spacial score (nSPS) is 35.3. The molecule has 0 aromatic rings. The molecule has 0 radical (unpaired) electrons. The summed E-state index contributed by atoms with van der Waals surface area (Å²) in [5.41, 5.74) is 0. The summed E-state index contributed by atoms with van der Waals surface area (Å²) in [7, 11) is 0. The molecule has 0 saturated carbocycles. The van der Waals surface area contributed by atoms with E-state index in [2.05, 4.69) is 5.32 Å². The number of nitrogens with one attached hydrogen (secondary N) is 1. The average Bonchev–Trinajstić information content (AvgIpc) is 2.41. The van der Waals surface area contributed by atoms with Gasteiger partial charge in [-0.3, -0.25) is 0 Å². The van der Waals surface area contributed by atoms with Crippen molar-refractivity contribution in [3.8, 4) is 0 Å². The molecule has 0 aliphatic carbocycles. The molecule has 0 amide bonds. The highest BCUT2D eigenvalue weighted by atomic mass is 16.6. The minimum atomic E-state index is -1.31. The molecule has 19 heavy (non-hydrogen) atoms. The Morgan fingerprint density at radius 2 is 2.00 bits per heavy atom. The summed E-state index contributed by atoms with van der Waals surface area (Å²) in [4.78, 5) is 9.99. The van der Waals surface area contributed by atoms with Crippen LogP contribution in [0.2, 0.25) is 0 Å². The maximum Gasteiger partial charge on any atom is 0.173 e. The Morgan fingerprint density at radius 1 is 1.26 bits per heavy atom. The molecule has 0 spiro atoms. The number of aldehydes is 1. The van der Waals surface area contributed by atoms with Crippen LogP contribution in [0.15, 0.2) is 0 Å². The van der Waals surface area contributed by atoms with Crippen LogP contribution in [0.5, 0.6) is 0 Å². The van der Waals surface area contributed by atoms with Crippen LogP contribution in [0.3, 0.4) is 0 Å². The summed E-state index contributed by atoms with van der Waals surface area (Å²) >= 11 is 0. The monoisotopic (exact) mass is 279 g/mol. The first-order chi connectivity index (χ1) is 9.11. The van der Waals surface area contributed by atoms with Crippen molar-refractivity contribution in [1.29, 1.82) is 0 Å². The third-order valence-electron chi connectivity index (χ3n) is 2.93. The zero-order valence-electron chi connectivity index (χ0n) is 10.5. The van der Waals surface area contributed by atoms with Crippen LogP contribution in [0.4, 0.5) is 0 Å². The Labute approximate surface area is 110 Å². The predicted octanol–water partition coefficient (Wildman–Crippen LogP) is -3.02. The van der Waals surface area contributed by atoms with Crippen LogP contribution in [0, 0.1) is 0 Å². The van der Waals surface area contributed by atoms with Gasteiger partial charge in [-0.25, -0.2) is 0 Å². The van der Waals surface area contributed by atoms with Crippen molar-refractivity contribution in [2.75, 3.05) is 26.4 Å². The highest BCUT2D eigenvalue weighted by Crippen LogP contribution is 2.19. The molecule has 8 heteroatoms. The van der Waals surface area contributed by atoms with Crippen molar-refractivity contribution < 1.29 is 34.7 Å². The van der Waals surface area contributed by atoms with Gasteiger partial charge in [-0.1, -0.05) is 0 Å². The molecule has 1 aliphatic rings. The summed E-state index contributed by atoms with van der Waals surface area (Å²) < 4.78 is 9.92. The van der Waals surface area contributed by atoms with E-state index in [0.29, 0.717) is 25.9 Å². The van der Waals surface area contributed by atoms with E-state index in [1.807, 2.05) is 0 Å². The molecule has 1 unspecified atom stereocenters. The van der Waals surface area contributed by atoms with Crippen LogP contribution in [-0.2, 0) is 14.3 Å². The maximum atomic E-state index is 9.99. The Bertz CT molecular complexity index is 265. The lowest BCUT2D eigenvalue weighted by atomic mass is 9.97. The third-order valence-corrected chi connectivity index (χ3v) is 2.93. The molecule has 0 aromatic carbocycles. The lowest BCUT2D eigenvalue weighted by Crippen LogP contribution is -2.63. The first-order valence-corrected chi connectivity index (χ1v) is 6.17. The maximum absolute atomic E-state index is 9.99. The average molecular weight is 279 g/mol. The van der Waals surface area contributed by atoms with Gasteiger partial charge in [0.05, 0.1) is 12.6 Å². The van der Waals surface area contributed by atoms with Gasteiger partial charge in [-0.05, 0) is 13.0 Å². The summed E-state index contributed by atoms with van der Waals surface area (Å²) in [6.45, 7) is 0.334. The summed E-state index contributed by atoms with van der Waals surface area (Å²) in [5.74, 6) is 0. The van der Waals surface area contributed by atoms with Crippen molar-refractivity contribution in [3.63, 3.8) is 0 Å². The number of carbonyl (C=O) groups is 1. The first-order valence-electron chi connectivity index (χ1n) is 6.17. The van der Waals surface area contributed by atoms with E-state index in [1.54, 1.807) is 0 Å². The summed E-state index contributed by atoms with van der Waals surface area (Å²) in [6, 6.07) is -0.844. The molecule has 8 nitrogen and oxygen atoms in total. The van der Waals surface area contributed by atoms with Gasteiger partial charge in [-0.15, -0.1) is 0 Å². The van der Waals surface area contributed by atoms with Gasteiger partial charge < -0.3 is 40.0 Å². The van der Waals surface area contributed by atoms with Gasteiger partial charge in [0.2, 0.25) is 0 Å². The molecule has 5 atom stereocenters. The van der Waals surface area contributed by atoms with E-state index >= 15 is 0 Å². The second-order valence-electron chi connectivity index (χ2n) is 4.30. The van der Waals surface area contributed by atoms with E-state index in [9.17, 15) is 20.1 Å². The highest BCUT2D eigenvalue weighted by molar-refractivity contribution is 5.50. The Kier molecular flexibility index (Phi) is 7.39. The van der Waals surface area contributed by atoms with Gasteiger partial charge in [-0.2, -0.15) is 0 Å². The van der Waals surface area contributed by atoms with Gasteiger partial charge >= 0.3 is 0 Å². The number of hydrogen-bond donors (Lipinski definition) is 5. The number of ether oxygens (including phenoxy) is 2. The van der Waals surface area contributed by atoms with Crippen LogP contribution in [-0.4, -0.2) is 83.7 Å². The number of aliphatic hydroxyl groups is 4. The fourth-order valence-corrected chi connectivity index (χ4v) is 1.89. The standard InChI is InChI=1S/C11H21NO7/c13-3-5-18-4-1-2-12-8-10(16)9(15)7(6-14)19-11(8)17/h3,7-12,14-17H,1-2,4-6H2/t7-,8-,9-,10-,11?/m1/s1. The Morgan fingerprint density at radius 3 is 2.63 bits per heavy atom. The van der Waals surface area contributed by atoms with Crippen LogP contribution in [0.25, 0.3) is 0 Å². The minimum Gasteiger partial charge on any atom is -0.394 e. The molecule has 1 heterocycles. The molecular weight excluding hydrogens is 258 g/mol. The van der Waals surface area contributed by atoms with Crippen LogP contribution in [0.1, 0.15) is 6.42 Å². The Hall–Kier alpha value is -0.610. The number of carbonyl (C=O) groups excluding carboxylic acids is 1. The number of hydrogen-bond acceptors (Lipinski definition) is 8. The fourth-order valence-electron chi connectivity index (χ4n) is 1.89. The summed E-state index contributed by atoms with van der Waals surface area (Å²) in [5, 5.41) is 40.9. The zero-order chi connectivity index (χ0) is 14.3. The van der Waals surface area contributed by atoms with Gasteiger partial charge in [0.25, 0.3) is 0 Å². The van der Waals surface area contributed by atoms with Crippen molar-refractivity contribution in [1.82, 2.24) is 5.32 Å². The van der Waals surface area contributed by atoms with E-state index in [0.717, 1.165) is 0 Å². The van der Waals surface area contributed by atoms with E-state index in [1.165, 1.54) is 0 Å². The molecule has 1 aliphatic heterocycles. The third kappa shape index (κ3) is 4.77. The largest absolute Gasteiger partial charge is 0.394 e. The van der Waals surface area contributed by atoms with Crippen molar-refractivity contribution in [2.45, 2.75) is 37.1 Å². The van der Waals surface area contributed by atoms with E-state index < -0.39 is 37.3 Å². The van der Waals surface area contributed by atoms with Gasteiger partial charge in [0.1, 0.15) is 31.2 Å². The highest BCUT2D eigenvalue weighted by Gasteiger charge is 2.43. The molecule has 1 fully saturated rings. The summed E-state index contributed by atoms with van der Waals surface area (Å²) in [6.07, 6.45) is -3.59. The molecule has 1 saturated heterocycles. The van der Waals surface area contributed by atoms with Crippen molar-refractivity contribution in [2.24, 2.45) is 0 Å². The molecule has 1 rings (SSSR count). The second-order valence-corrected chi connectivity index (χ2v) is 4.30.